The summed E-state index contributed by atoms with van der Waals surface area (Å²) in [6.45, 7) is 3.54. The van der Waals surface area contributed by atoms with Gasteiger partial charge in [-0.25, -0.2) is 14.5 Å². The van der Waals surface area contributed by atoms with Crippen molar-refractivity contribution in [3.63, 3.8) is 0 Å². The Bertz CT molecular complexity index is 1470. The molecule has 2 aromatic carbocycles. The number of nitrogens with zero attached hydrogens (tertiary/aromatic N) is 6. The fourth-order valence-corrected chi connectivity index (χ4v) is 3.73. The predicted octanol–water partition coefficient (Wildman–Crippen LogP) is 4.24. The lowest BCUT2D eigenvalue weighted by atomic mass is 10.2. The second kappa shape index (κ2) is 11.3. The van der Waals surface area contributed by atoms with Crippen molar-refractivity contribution >= 4 is 17.1 Å². The van der Waals surface area contributed by atoms with Crippen LogP contribution in [0.1, 0.15) is 29.3 Å². The number of rotatable bonds is 11. The van der Waals surface area contributed by atoms with Crippen LogP contribution >= 0.6 is 0 Å². The highest BCUT2D eigenvalue weighted by Gasteiger charge is 2.18. The molecule has 3 aromatic heterocycles. The van der Waals surface area contributed by atoms with Crippen LogP contribution in [-0.4, -0.2) is 48.5 Å². The number of fused-ring (bicyclic) bond motifs is 1. The van der Waals surface area contributed by atoms with E-state index in [1.165, 1.54) is 17.1 Å². The van der Waals surface area contributed by atoms with E-state index in [2.05, 4.69) is 20.1 Å². The lowest BCUT2D eigenvalue weighted by Gasteiger charge is -2.11. The van der Waals surface area contributed by atoms with Crippen molar-refractivity contribution in [1.29, 1.82) is 0 Å². The third-order valence-corrected chi connectivity index (χ3v) is 5.50. The molecule has 188 valence electrons. The van der Waals surface area contributed by atoms with Crippen molar-refractivity contribution in [2.45, 2.75) is 26.5 Å². The monoisotopic (exact) mass is 498 g/mol. The van der Waals surface area contributed by atoms with Crippen LogP contribution in [-0.2, 0) is 17.9 Å². The van der Waals surface area contributed by atoms with Gasteiger partial charge in [-0.05, 0) is 31.0 Å². The summed E-state index contributed by atoms with van der Waals surface area (Å²) in [5.74, 6) is 0.985. The summed E-state index contributed by atoms with van der Waals surface area (Å²) in [6, 6.07) is 19.5. The van der Waals surface area contributed by atoms with Crippen molar-refractivity contribution in [1.82, 2.24) is 29.3 Å². The summed E-state index contributed by atoms with van der Waals surface area (Å²) >= 11 is 0. The quantitative estimate of drug-likeness (QED) is 0.197. The van der Waals surface area contributed by atoms with Crippen LogP contribution in [0.15, 0.2) is 79.4 Å². The molecule has 5 aromatic rings. The van der Waals surface area contributed by atoms with Crippen molar-refractivity contribution in [2.24, 2.45) is 0 Å². The third-order valence-electron chi connectivity index (χ3n) is 5.50. The second-order valence-electron chi connectivity index (χ2n) is 8.12. The Morgan fingerprint density at radius 3 is 2.54 bits per heavy atom. The molecule has 0 bridgehead atoms. The number of aromatic nitrogens is 6. The molecule has 0 atom stereocenters. The van der Waals surface area contributed by atoms with Gasteiger partial charge < -0.3 is 18.8 Å². The minimum atomic E-state index is -0.461. The summed E-state index contributed by atoms with van der Waals surface area (Å²) in [6.07, 6.45) is 5.41. The van der Waals surface area contributed by atoms with Gasteiger partial charge in [0.25, 0.3) is 5.95 Å². The Morgan fingerprint density at radius 1 is 0.973 bits per heavy atom. The smallest absolute Gasteiger partial charge is 0.341 e. The zero-order valence-electron chi connectivity index (χ0n) is 20.4. The molecule has 0 N–H and O–H groups in total. The first-order valence-corrected chi connectivity index (χ1v) is 12.0. The fourth-order valence-electron chi connectivity index (χ4n) is 3.73. The zero-order valence-corrected chi connectivity index (χ0v) is 20.4. The lowest BCUT2D eigenvalue weighted by Crippen LogP contribution is -2.09. The molecule has 0 fully saturated rings. The number of ether oxygens (including phenoxy) is 3. The van der Waals surface area contributed by atoms with Crippen LogP contribution in [0.25, 0.3) is 17.1 Å². The fraction of sp³-hybridized carbons (Fsp3) is 0.222. The summed E-state index contributed by atoms with van der Waals surface area (Å²) in [5, 5.41) is 4.24. The normalized spacial score (nSPS) is 10.9. The van der Waals surface area contributed by atoms with E-state index in [1.807, 2.05) is 65.2 Å². The molecule has 0 aliphatic carbocycles. The van der Waals surface area contributed by atoms with Gasteiger partial charge in [0.05, 0.1) is 31.3 Å². The summed E-state index contributed by atoms with van der Waals surface area (Å²) in [5.41, 5.74) is 2.45. The first-order valence-electron chi connectivity index (χ1n) is 12.0. The van der Waals surface area contributed by atoms with E-state index in [1.54, 1.807) is 13.3 Å². The zero-order chi connectivity index (χ0) is 25.5. The van der Waals surface area contributed by atoms with Gasteiger partial charge in [0.1, 0.15) is 12.4 Å². The minimum absolute atomic E-state index is 0.240. The Kier molecular flexibility index (Phi) is 7.35. The van der Waals surface area contributed by atoms with Gasteiger partial charge in [0.2, 0.25) is 5.88 Å². The van der Waals surface area contributed by atoms with Gasteiger partial charge in [-0.1, -0.05) is 48.5 Å². The van der Waals surface area contributed by atoms with Crippen LogP contribution in [0.5, 0.6) is 11.6 Å². The number of hydrogen-bond donors (Lipinski definition) is 0. The first-order chi connectivity index (χ1) is 18.2. The molecule has 0 radical (unpaired) electrons. The molecule has 0 amide bonds. The molecule has 0 unspecified atom stereocenters. The van der Waals surface area contributed by atoms with Crippen LogP contribution in [0.3, 0.4) is 0 Å². The number of carbonyl (C=O) groups is 1. The molecule has 0 aliphatic rings. The highest BCUT2D eigenvalue weighted by molar-refractivity contribution is 5.88. The highest BCUT2D eigenvalue weighted by Crippen LogP contribution is 2.25. The molecule has 3 heterocycles. The van der Waals surface area contributed by atoms with Crippen LogP contribution in [0.2, 0.25) is 0 Å². The van der Waals surface area contributed by atoms with Crippen molar-refractivity contribution in [3.8, 4) is 17.6 Å². The molecule has 37 heavy (non-hydrogen) atoms. The summed E-state index contributed by atoms with van der Waals surface area (Å²) < 4.78 is 20.4. The standard InChI is InChI=1S/C27H26N6O4/c1-2-35-26(34)21-16-29-33(17-21)27-30-24-23(25(31-27)37-18-20-10-5-3-6-11-20)32(19-28-24)14-9-15-36-22-12-7-4-8-13-22/h3-8,10-13,16-17,19H,2,9,14-15,18H2,1H3. The van der Waals surface area contributed by atoms with Gasteiger partial charge in [0.15, 0.2) is 11.2 Å². The maximum absolute atomic E-state index is 12.1. The number of aryl methyl sites for hydroxylation is 1. The van der Waals surface area contributed by atoms with E-state index in [-0.39, 0.29) is 12.6 Å². The maximum atomic E-state index is 12.1. The Hall–Kier alpha value is -4.73. The van der Waals surface area contributed by atoms with Crippen molar-refractivity contribution < 1.29 is 19.0 Å². The van der Waals surface area contributed by atoms with E-state index < -0.39 is 5.97 Å². The van der Waals surface area contributed by atoms with E-state index in [9.17, 15) is 4.79 Å². The Morgan fingerprint density at radius 2 is 1.76 bits per heavy atom. The molecule has 5 rings (SSSR count). The molecular weight excluding hydrogens is 472 g/mol. The minimum Gasteiger partial charge on any atom is -0.494 e. The molecule has 0 saturated heterocycles. The van der Waals surface area contributed by atoms with Crippen LogP contribution in [0.4, 0.5) is 0 Å². The van der Waals surface area contributed by atoms with E-state index in [0.29, 0.717) is 42.4 Å². The number of esters is 1. The third kappa shape index (κ3) is 5.75. The van der Waals surface area contributed by atoms with Gasteiger partial charge in [-0.2, -0.15) is 15.1 Å². The van der Waals surface area contributed by atoms with E-state index >= 15 is 0 Å². The highest BCUT2D eigenvalue weighted by atomic mass is 16.5. The van der Waals surface area contributed by atoms with Gasteiger partial charge >= 0.3 is 5.97 Å². The molecule has 0 aliphatic heterocycles. The summed E-state index contributed by atoms with van der Waals surface area (Å²) in [7, 11) is 0. The largest absolute Gasteiger partial charge is 0.494 e. The van der Waals surface area contributed by atoms with E-state index in [0.717, 1.165) is 17.7 Å². The SMILES string of the molecule is CCOC(=O)c1cnn(-c2nc(OCc3ccccc3)c3c(ncn3CCCOc3ccccc3)n2)c1. The van der Waals surface area contributed by atoms with Crippen LogP contribution in [0, 0.1) is 0 Å². The van der Waals surface area contributed by atoms with Gasteiger partial charge in [-0.3, -0.25) is 0 Å². The second-order valence-corrected chi connectivity index (χ2v) is 8.12. The molecule has 10 heteroatoms. The van der Waals surface area contributed by atoms with Crippen LogP contribution < -0.4 is 9.47 Å². The lowest BCUT2D eigenvalue weighted by molar-refractivity contribution is 0.0526. The van der Waals surface area contributed by atoms with Crippen molar-refractivity contribution in [2.75, 3.05) is 13.2 Å². The molecule has 0 spiro atoms. The van der Waals surface area contributed by atoms with Crippen molar-refractivity contribution in [3.05, 3.63) is 90.5 Å². The predicted molar refractivity (Wildman–Crippen MR) is 136 cm³/mol. The molecular formula is C27H26N6O4. The first kappa shape index (κ1) is 24.0. The van der Waals surface area contributed by atoms with E-state index in [4.69, 9.17) is 14.2 Å². The average Bonchev–Trinajstić information content (AvgIpc) is 3.59. The number of hydrogen-bond acceptors (Lipinski definition) is 8. The van der Waals surface area contributed by atoms with Gasteiger partial charge in [0, 0.05) is 12.7 Å². The topological polar surface area (TPSA) is 106 Å². The number of carbonyl (C=O) groups excluding carboxylic acids is 1. The number of imidazole rings is 1. The Labute approximate surface area is 213 Å². The average molecular weight is 499 g/mol. The number of benzene rings is 2. The molecule has 0 saturated carbocycles. The van der Waals surface area contributed by atoms with Gasteiger partial charge in [-0.15, -0.1) is 0 Å². The Balaban J connectivity index is 1.40. The number of para-hydroxylation sites is 1. The maximum Gasteiger partial charge on any atom is 0.341 e. The molecule has 10 nitrogen and oxygen atoms in total. The summed E-state index contributed by atoms with van der Waals surface area (Å²) in [4.78, 5) is 25.8.